The van der Waals surface area contributed by atoms with Gasteiger partial charge in [-0.25, -0.2) is 22.5 Å². The topological polar surface area (TPSA) is 64.0 Å². The van der Waals surface area contributed by atoms with E-state index in [0.717, 1.165) is 23.2 Å². The zero-order chi connectivity index (χ0) is 16.4. The highest BCUT2D eigenvalue weighted by Crippen LogP contribution is 2.19. The molecule has 0 aliphatic carbocycles. The van der Waals surface area contributed by atoms with Crippen molar-refractivity contribution in [3.63, 3.8) is 0 Å². The lowest BCUT2D eigenvalue weighted by Crippen LogP contribution is -2.27. The Bertz CT molecular complexity index is 956. The SMILES string of the molecule is O=S(=O)(NCCn1cnc2ccccc21)c1ccc(F)c(Cl)c1. The van der Waals surface area contributed by atoms with Crippen LogP contribution in [0.15, 0.2) is 53.7 Å². The maximum Gasteiger partial charge on any atom is 0.240 e. The molecule has 0 spiro atoms. The number of halogens is 2. The lowest BCUT2D eigenvalue weighted by molar-refractivity contribution is 0.573. The van der Waals surface area contributed by atoms with E-state index in [9.17, 15) is 12.8 Å². The molecule has 0 aliphatic heterocycles. The molecule has 1 N–H and O–H groups in total. The Morgan fingerprint density at radius 2 is 2.00 bits per heavy atom. The third kappa shape index (κ3) is 3.36. The quantitative estimate of drug-likeness (QED) is 0.767. The maximum atomic E-state index is 13.1. The molecule has 0 bridgehead atoms. The molecule has 23 heavy (non-hydrogen) atoms. The molecule has 2 aromatic carbocycles. The van der Waals surface area contributed by atoms with Gasteiger partial charge < -0.3 is 4.57 Å². The number of nitrogens with one attached hydrogen (secondary N) is 1. The number of rotatable bonds is 5. The third-order valence-corrected chi connectivity index (χ3v) is 5.12. The van der Waals surface area contributed by atoms with Crippen LogP contribution in [-0.2, 0) is 16.6 Å². The van der Waals surface area contributed by atoms with Crippen LogP contribution >= 0.6 is 11.6 Å². The molecule has 0 fully saturated rings. The molecule has 0 amide bonds. The highest BCUT2D eigenvalue weighted by molar-refractivity contribution is 7.89. The molecule has 0 saturated carbocycles. The Hall–Kier alpha value is -1.96. The van der Waals surface area contributed by atoms with Gasteiger partial charge in [-0.05, 0) is 30.3 Å². The van der Waals surface area contributed by atoms with Gasteiger partial charge in [0.25, 0.3) is 0 Å². The Morgan fingerprint density at radius 3 is 2.78 bits per heavy atom. The summed E-state index contributed by atoms with van der Waals surface area (Å²) in [7, 11) is -3.74. The summed E-state index contributed by atoms with van der Waals surface area (Å²) in [5.74, 6) is -0.657. The maximum absolute atomic E-state index is 13.1. The lowest BCUT2D eigenvalue weighted by Gasteiger charge is -2.08. The number of fused-ring (bicyclic) bond motifs is 1. The molecule has 1 aromatic heterocycles. The van der Waals surface area contributed by atoms with E-state index < -0.39 is 15.8 Å². The molecule has 1 heterocycles. The van der Waals surface area contributed by atoms with Crippen LogP contribution in [0.25, 0.3) is 11.0 Å². The number of hydrogen-bond donors (Lipinski definition) is 1. The summed E-state index contributed by atoms with van der Waals surface area (Å²) < 4.78 is 41.8. The van der Waals surface area contributed by atoms with Gasteiger partial charge >= 0.3 is 0 Å². The monoisotopic (exact) mass is 353 g/mol. The van der Waals surface area contributed by atoms with Gasteiger partial charge in [-0.2, -0.15) is 0 Å². The van der Waals surface area contributed by atoms with Crippen LogP contribution in [0.4, 0.5) is 4.39 Å². The van der Waals surface area contributed by atoms with Gasteiger partial charge in [0.2, 0.25) is 10.0 Å². The standard InChI is InChI=1S/C15H13ClFN3O2S/c16-12-9-11(5-6-13(12)17)23(21,22)19-7-8-20-10-18-14-3-1-2-4-15(14)20/h1-6,9-10,19H,7-8H2. The van der Waals surface area contributed by atoms with E-state index in [0.29, 0.717) is 6.54 Å². The first-order chi connectivity index (χ1) is 11.0. The summed E-state index contributed by atoms with van der Waals surface area (Å²) in [5, 5.41) is -0.228. The van der Waals surface area contributed by atoms with Gasteiger partial charge in [0.05, 0.1) is 27.3 Å². The second-order valence-electron chi connectivity index (χ2n) is 4.90. The molecule has 120 valence electrons. The zero-order valence-electron chi connectivity index (χ0n) is 11.9. The molecule has 3 rings (SSSR count). The van der Waals surface area contributed by atoms with Crippen LogP contribution in [0, 0.1) is 5.82 Å². The predicted molar refractivity (Wildman–Crippen MR) is 86.3 cm³/mol. The Labute approximate surface area is 137 Å². The third-order valence-electron chi connectivity index (χ3n) is 3.37. The van der Waals surface area contributed by atoms with Crippen LogP contribution in [0.2, 0.25) is 5.02 Å². The summed E-state index contributed by atoms with van der Waals surface area (Å²) >= 11 is 5.62. The van der Waals surface area contributed by atoms with Gasteiger partial charge in [-0.15, -0.1) is 0 Å². The van der Waals surface area contributed by atoms with Crippen molar-refractivity contribution in [3.8, 4) is 0 Å². The van der Waals surface area contributed by atoms with E-state index in [4.69, 9.17) is 11.6 Å². The number of imidazole rings is 1. The van der Waals surface area contributed by atoms with Crippen molar-refractivity contribution < 1.29 is 12.8 Å². The first-order valence-electron chi connectivity index (χ1n) is 6.82. The fourth-order valence-corrected chi connectivity index (χ4v) is 3.51. The van der Waals surface area contributed by atoms with E-state index in [1.807, 2.05) is 28.8 Å². The Kier molecular flexibility index (Phi) is 4.34. The van der Waals surface area contributed by atoms with Crippen LogP contribution in [0.3, 0.4) is 0 Å². The molecule has 8 heteroatoms. The van der Waals surface area contributed by atoms with Crippen LogP contribution < -0.4 is 4.72 Å². The van der Waals surface area contributed by atoms with Crippen LogP contribution in [0.1, 0.15) is 0 Å². The first-order valence-corrected chi connectivity index (χ1v) is 8.68. The Balaban J connectivity index is 1.71. The lowest BCUT2D eigenvalue weighted by atomic mass is 10.3. The molecule has 0 saturated heterocycles. The summed E-state index contributed by atoms with van der Waals surface area (Å²) in [4.78, 5) is 4.17. The second kappa shape index (κ2) is 6.27. The van der Waals surface area contributed by atoms with Gasteiger partial charge in [0.15, 0.2) is 0 Å². The van der Waals surface area contributed by atoms with Gasteiger partial charge in [0.1, 0.15) is 5.82 Å². The summed E-state index contributed by atoms with van der Waals surface area (Å²) in [6.07, 6.45) is 1.66. The van der Waals surface area contributed by atoms with E-state index in [1.165, 1.54) is 6.07 Å². The van der Waals surface area contributed by atoms with Gasteiger partial charge in [-0.1, -0.05) is 23.7 Å². The minimum absolute atomic E-state index is 0.0700. The highest BCUT2D eigenvalue weighted by Gasteiger charge is 2.15. The number of nitrogens with zero attached hydrogens (tertiary/aromatic N) is 2. The van der Waals surface area contributed by atoms with E-state index in [1.54, 1.807) is 6.33 Å². The summed E-state index contributed by atoms with van der Waals surface area (Å²) in [6.45, 7) is 0.604. The molecule has 0 aliphatic rings. The first kappa shape index (κ1) is 15.9. The largest absolute Gasteiger partial charge is 0.329 e. The van der Waals surface area contributed by atoms with Crippen molar-refractivity contribution in [1.29, 1.82) is 0 Å². The minimum atomic E-state index is -3.74. The number of para-hydroxylation sites is 2. The van der Waals surface area contributed by atoms with Crippen molar-refractivity contribution in [2.24, 2.45) is 0 Å². The number of hydrogen-bond acceptors (Lipinski definition) is 3. The number of sulfonamides is 1. The van der Waals surface area contributed by atoms with E-state index >= 15 is 0 Å². The smallest absolute Gasteiger partial charge is 0.240 e. The molecule has 5 nitrogen and oxygen atoms in total. The Morgan fingerprint density at radius 1 is 1.22 bits per heavy atom. The van der Waals surface area contributed by atoms with Crippen LogP contribution in [-0.4, -0.2) is 24.5 Å². The normalized spacial score (nSPS) is 11.9. The molecule has 0 atom stereocenters. The minimum Gasteiger partial charge on any atom is -0.329 e. The summed E-state index contributed by atoms with van der Waals surface area (Å²) in [6, 6.07) is 10.9. The zero-order valence-corrected chi connectivity index (χ0v) is 13.5. The second-order valence-corrected chi connectivity index (χ2v) is 7.07. The predicted octanol–water partition coefficient (Wildman–Crippen LogP) is 2.81. The van der Waals surface area contributed by atoms with Crippen molar-refractivity contribution >= 4 is 32.7 Å². The van der Waals surface area contributed by atoms with E-state index in [-0.39, 0.29) is 16.5 Å². The van der Waals surface area contributed by atoms with Gasteiger partial charge in [0, 0.05) is 13.1 Å². The van der Waals surface area contributed by atoms with Crippen molar-refractivity contribution in [2.45, 2.75) is 11.4 Å². The van der Waals surface area contributed by atoms with E-state index in [2.05, 4.69) is 9.71 Å². The fourth-order valence-electron chi connectivity index (χ4n) is 2.22. The average Bonchev–Trinajstić information content (AvgIpc) is 2.93. The molecule has 3 aromatic rings. The highest BCUT2D eigenvalue weighted by atomic mass is 35.5. The average molecular weight is 354 g/mol. The van der Waals surface area contributed by atoms with Crippen LogP contribution in [0.5, 0.6) is 0 Å². The van der Waals surface area contributed by atoms with Crippen molar-refractivity contribution in [2.75, 3.05) is 6.54 Å². The molecule has 0 unspecified atom stereocenters. The fraction of sp³-hybridized carbons (Fsp3) is 0.133. The molecular weight excluding hydrogens is 341 g/mol. The molecular formula is C15H13ClFN3O2S. The van der Waals surface area contributed by atoms with Crippen molar-refractivity contribution in [3.05, 3.63) is 59.6 Å². The molecule has 0 radical (unpaired) electrons. The van der Waals surface area contributed by atoms with Crippen molar-refractivity contribution in [1.82, 2.24) is 14.3 Å². The summed E-state index contributed by atoms with van der Waals surface area (Å²) in [5.41, 5.74) is 1.78. The number of aromatic nitrogens is 2. The van der Waals surface area contributed by atoms with Gasteiger partial charge in [-0.3, -0.25) is 0 Å². The number of benzene rings is 2.